The normalized spacial score (nSPS) is 10.5. The van der Waals surface area contributed by atoms with Gasteiger partial charge in [0.05, 0.1) is 6.54 Å². The second-order valence-electron chi connectivity index (χ2n) is 3.99. The standard InChI is InChI=1S/C12H17N5O/c1-2-3-12-14-15-16-17(12)8-9-18-11-6-4-10(13)5-7-11/h4-7H,2-3,8-9,13H2,1H3. The molecule has 0 amide bonds. The van der Waals surface area contributed by atoms with Crippen LogP contribution >= 0.6 is 0 Å². The van der Waals surface area contributed by atoms with Crippen molar-refractivity contribution in [3.8, 4) is 5.75 Å². The van der Waals surface area contributed by atoms with Crippen LogP contribution in [0.5, 0.6) is 5.75 Å². The predicted octanol–water partition coefficient (Wildman–Crippen LogP) is 1.29. The number of ether oxygens (including phenoxy) is 1. The van der Waals surface area contributed by atoms with E-state index in [4.69, 9.17) is 10.5 Å². The zero-order valence-corrected chi connectivity index (χ0v) is 10.4. The third-order valence-corrected chi connectivity index (χ3v) is 2.53. The maximum atomic E-state index is 5.60. The molecule has 1 aromatic heterocycles. The summed E-state index contributed by atoms with van der Waals surface area (Å²) in [6, 6.07) is 7.33. The maximum absolute atomic E-state index is 5.60. The van der Waals surface area contributed by atoms with Crippen molar-refractivity contribution in [1.82, 2.24) is 20.2 Å². The first kappa shape index (κ1) is 12.3. The molecular formula is C12H17N5O. The van der Waals surface area contributed by atoms with Crippen molar-refractivity contribution in [2.24, 2.45) is 0 Å². The van der Waals surface area contributed by atoms with E-state index in [9.17, 15) is 0 Å². The number of nitrogen functional groups attached to an aromatic ring is 1. The number of aromatic nitrogens is 4. The fourth-order valence-electron chi connectivity index (χ4n) is 1.61. The van der Waals surface area contributed by atoms with Crippen LogP contribution in [-0.4, -0.2) is 26.8 Å². The van der Waals surface area contributed by atoms with Crippen molar-refractivity contribution in [2.75, 3.05) is 12.3 Å². The summed E-state index contributed by atoms with van der Waals surface area (Å²) in [5, 5.41) is 11.6. The minimum atomic E-state index is 0.533. The molecule has 2 rings (SSSR count). The molecule has 0 fully saturated rings. The number of nitrogens with zero attached hydrogens (tertiary/aromatic N) is 4. The molecule has 2 aromatic rings. The fraction of sp³-hybridized carbons (Fsp3) is 0.417. The molecule has 96 valence electrons. The van der Waals surface area contributed by atoms with Gasteiger partial charge in [-0.05, 0) is 41.1 Å². The van der Waals surface area contributed by atoms with E-state index in [1.54, 1.807) is 4.68 Å². The number of aryl methyl sites for hydroxylation is 1. The molecular weight excluding hydrogens is 230 g/mol. The molecule has 18 heavy (non-hydrogen) atoms. The minimum Gasteiger partial charge on any atom is -0.492 e. The van der Waals surface area contributed by atoms with E-state index >= 15 is 0 Å². The first-order valence-corrected chi connectivity index (χ1v) is 6.03. The van der Waals surface area contributed by atoms with E-state index in [-0.39, 0.29) is 0 Å². The van der Waals surface area contributed by atoms with Crippen molar-refractivity contribution in [3.05, 3.63) is 30.1 Å². The van der Waals surface area contributed by atoms with Gasteiger partial charge in [0, 0.05) is 12.1 Å². The third kappa shape index (κ3) is 3.19. The molecule has 0 saturated heterocycles. The van der Waals surface area contributed by atoms with Gasteiger partial charge in [0.15, 0.2) is 5.82 Å². The summed E-state index contributed by atoms with van der Waals surface area (Å²) in [4.78, 5) is 0. The Kier molecular flexibility index (Phi) is 4.11. The monoisotopic (exact) mass is 247 g/mol. The van der Waals surface area contributed by atoms with Crippen molar-refractivity contribution in [2.45, 2.75) is 26.3 Å². The van der Waals surface area contributed by atoms with Crippen LogP contribution < -0.4 is 10.5 Å². The van der Waals surface area contributed by atoms with Crippen molar-refractivity contribution in [3.63, 3.8) is 0 Å². The Morgan fingerprint density at radius 3 is 2.78 bits per heavy atom. The zero-order chi connectivity index (χ0) is 12.8. The molecule has 2 N–H and O–H groups in total. The topological polar surface area (TPSA) is 78.8 Å². The Hall–Kier alpha value is -2.11. The first-order chi connectivity index (χ1) is 8.79. The molecule has 0 aliphatic carbocycles. The van der Waals surface area contributed by atoms with Gasteiger partial charge in [-0.2, -0.15) is 0 Å². The van der Waals surface area contributed by atoms with Gasteiger partial charge in [-0.3, -0.25) is 0 Å². The van der Waals surface area contributed by atoms with Gasteiger partial charge in [-0.15, -0.1) is 5.10 Å². The summed E-state index contributed by atoms with van der Waals surface area (Å²) >= 11 is 0. The third-order valence-electron chi connectivity index (χ3n) is 2.53. The van der Waals surface area contributed by atoms with Crippen molar-refractivity contribution < 1.29 is 4.74 Å². The van der Waals surface area contributed by atoms with Crippen LogP contribution in [0.1, 0.15) is 19.2 Å². The SMILES string of the molecule is CCCc1nnnn1CCOc1ccc(N)cc1. The lowest BCUT2D eigenvalue weighted by Gasteiger charge is -2.07. The van der Waals surface area contributed by atoms with Gasteiger partial charge in [-0.1, -0.05) is 6.92 Å². The quantitative estimate of drug-likeness (QED) is 0.778. The lowest BCUT2D eigenvalue weighted by atomic mass is 10.3. The van der Waals surface area contributed by atoms with Crippen molar-refractivity contribution in [1.29, 1.82) is 0 Å². The second kappa shape index (κ2) is 6.00. The average molecular weight is 247 g/mol. The lowest BCUT2D eigenvalue weighted by Crippen LogP contribution is -2.12. The Morgan fingerprint density at radius 2 is 2.06 bits per heavy atom. The predicted molar refractivity (Wildman–Crippen MR) is 68.2 cm³/mol. The molecule has 0 aliphatic rings. The molecule has 6 nitrogen and oxygen atoms in total. The number of hydrogen-bond acceptors (Lipinski definition) is 5. The summed E-state index contributed by atoms with van der Waals surface area (Å²) in [6.45, 7) is 3.28. The van der Waals surface area contributed by atoms with Crippen molar-refractivity contribution >= 4 is 5.69 Å². The van der Waals surface area contributed by atoms with Crippen LogP contribution in [0.25, 0.3) is 0 Å². The largest absolute Gasteiger partial charge is 0.492 e. The Labute approximate surface area is 106 Å². The van der Waals surface area contributed by atoms with Crippen LogP contribution in [0.2, 0.25) is 0 Å². The number of tetrazole rings is 1. The maximum Gasteiger partial charge on any atom is 0.151 e. The second-order valence-corrected chi connectivity index (χ2v) is 3.99. The van der Waals surface area contributed by atoms with Crippen LogP contribution in [0.15, 0.2) is 24.3 Å². The van der Waals surface area contributed by atoms with E-state index in [0.29, 0.717) is 13.2 Å². The van der Waals surface area contributed by atoms with Gasteiger partial charge in [-0.25, -0.2) is 4.68 Å². The summed E-state index contributed by atoms with van der Waals surface area (Å²) in [5.41, 5.74) is 6.33. The minimum absolute atomic E-state index is 0.533. The summed E-state index contributed by atoms with van der Waals surface area (Å²) < 4.78 is 7.37. The van der Waals surface area contributed by atoms with Gasteiger partial charge < -0.3 is 10.5 Å². The number of rotatable bonds is 6. The van der Waals surface area contributed by atoms with Crippen LogP contribution in [0, 0.1) is 0 Å². The average Bonchev–Trinajstić information content (AvgIpc) is 2.80. The number of nitrogens with two attached hydrogens (primary N) is 1. The highest BCUT2D eigenvalue weighted by molar-refractivity contribution is 5.41. The summed E-state index contributed by atoms with van der Waals surface area (Å²) in [7, 11) is 0. The molecule has 0 atom stereocenters. The highest BCUT2D eigenvalue weighted by Crippen LogP contribution is 2.12. The summed E-state index contributed by atoms with van der Waals surface area (Å²) in [5.74, 6) is 1.70. The molecule has 0 aliphatic heterocycles. The number of hydrogen-bond donors (Lipinski definition) is 1. The zero-order valence-electron chi connectivity index (χ0n) is 10.4. The van der Waals surface area contributed by atoms with E-state index in [1.807, 2.05) is 24.3 Å². The van der Waals surface area contributed by atoms with E-state index in [2.05, 4.69) is 22.4 Å². The Balaban J connectivity index is 1.84. The van der Waals surface area contributed by atoms with Gasteiger partial charge >= 0.3 is 0 Å². The highest BCUT2D eigenvalue weighted by atomic mass is 16.5. The molecule has 0 spiro atoms. The smallest absolute Gasteiger partial charge is 0.151 e. The molecule has 0 saturated carbocycles. The van der Waals surface area contributed by atoms with Gasteiger partial charge in [0.1, 0.15) is 12.4 Å². The molecule has 0 radical (unpaired) electrons. The number of benzene rings is 1. The molecule has 1 aromatic carbocycles. The van der Waals surface area contributed by atoms with Crippen LogP contribution in [0.4, 0.5) is 5.69 Å². The van der Waals surface area contributed by atoms with E-state index in [0.717, 1.165) is 30.1 Å². The van der Waals surface area contributed by atoms with Crippen LogP contribution in [-0.2, 0) is 13.0 Å². The molecule has 0 bridgehead atoms. The molecule has 0 unspecified atom stereocenters. The lowest BCUT2D eigenvalue weighted by molar-refractivity contribution is 0.287. The summed E-state index contributed by atoms with van der Waals surface area (Å²) in [6.07, 6.45) is 1.91. The molecule has 1 heterocycles. The number of anilines is 1. The fourth-order valence-corrected chi connectivity index (χ4v) is 1.61. The Bertz CT molecular complexity index is 479. The van der Waals surface area contributed by atoms with Gasteiger partial charge in [0.25, 0.3) is 0 Å². The van der Waals surface area contributed by atoms with Gasteiger partial charge in [0.2, 0.25) is 0 Å². The molecule has 6 heteroatoms. The van der Waals surface area contributed by atoms with E-state index in [1.165, 1.54) is 0 Å². The van der Waals surface area contributed by atoms with E-state index < -0.39 is 0 Å². The Morgan fingerprint density at radius 1 is 1.28 bits per heavy atom. The first-order valence-electron chi connectivity index (χ1n) is 6.03. The highest BCUT2D eigenvalue weighted by Gasteiger charge is 2.04. The van der Waals surface area contributed by atoms with Crippen LogP contribution in [0.3, 0.4) is 0 Å².